The topological polar surface area (TPSA) is 57.5 Å². The number of hydrogen-bond acceptors (Lipinski definition) is 3. The molecule has 70 valence electrons. The summed E-state index contributed by atoms with van der Waals surface area (Å²) >= 11 is 5.61. The third-order valence-electron chi connectivity index (χ3n) is 1.65. The molecule has 0 aliphatic carbocycles. The van der Waals surface area contributed by atoms with Gasteiger partial charge in [0.25, 0.3) is 0 Å². The van der Waals surface area contributed by atoms with Gasteiger partial charge in [0, 0.05) is 5.02 Å². The molecule has 0 aromatic heterocycles. The van der Waals surface area contributed by atoms with Gasteiger partial charge in [0.15, 0.2) is 5.78 Å². The quantitative estimate of drug-likeness (QED) is 0.764. The van der Waals surface area contributed by atoms with Crippen LogP contribution in [0.25, 0.3) is 0 Å². The third kappa shape index (κ3) is 2.52. The van der Waals surface area contributed by atoms with E-state index >= 15 is 0 Å². The molecule has 13 heavy (non-hydrogen) atoms. The Morgan fingerprint density at radius 2 is 1.92 bits per heavy atom. The van der Waals surface area contributed by atoms with Crippen molar-refractivity contribution in [3.8, 4) is 0 Å². The maximum absolute atomic E-state index is 10.9. The molecule has 0 radical (unpaired) electrons. The minimum atomic E-state index is -1.26. The van der Waals surface area contributed by atoms with E-state index in [1.807, 2.05) is 0 Å². The zero-order valence-electron chi connectivity index (χ0n) is 6.77. The molecule has 0 fully saturated rings. The molecule has 1 unspecified atom stereocenters. The van der Waals surface area contributed by atoms with Crippen molar-refractivity contribution in [1.29, 1.82) is 0 Å². The summed E-state index contributed by atoms with van der Waals surface area (Å²) in [6.07, 6.45) is -1.26. The Kier molecular flexibility index (Phi) is 3.42. The van der Waals surface area contributed by atoms with Gasteiger partial charge in [-0.2, -0.15) is 0 Å². The van der Waals surface area contributed by atoms with Crippen molar-refractivity contribution in [3.05, 3.63) is 34.9 Å². The number of carbonyl (C=O) groups is 1. The standard InChI is InChI=1S/C9H9ClO3/c10-7-3-1-6(2-4-7)9(13)8(12)5-11/h1-4,9,11,13H,5H2. The van der Waals surface area contributed by atoms with Crippen LogP contribution in [0.4, 0.5) is 0 Å². The van der Waals surface area contributed by atoms with Crippen molar-refractivity contribution < 1.29 is 15.0 Å². The van der Waals surface area contributed by atoms with Crippen molar-refractivity contribution in [2.24, 2.45) is 0 Å². The van der Waals surface area contributed by atoms with Crippen molar-refractivity contribution in [2.75, 3.05) is 6.61 Å². The first-order valence-corrected chi connectivity index (χ1v) is 4.10. The Morgan fingerprint density at radius 1 is 1.38 bits per heavy atom. The van der Waals surface area contributed by atoms with Gasteiger partial charge in [-0.15, -0.1) is 0 Å². The van der Waals surface area contributed by atoms with Crippen LogP contribution >= 0.6 is 11.6 Å². The van der Waals surface area contributed by atoms with Crippen LogP contribution in [0.15, 0.2) is 24.3 Å². The predicted molar refractivity (Wildman–Crippen MR) is 48.5 cm³/mol. The first-order chi connectivity index (χ1) is 6.15. The molecule has 1 aromatic carbocycles. The van der Waals surface area contributed by atoms with E-state index in [0.29, 0.717) is 10.6 Å². The fraction of sp³-hybridized carbons (Fsp3) is 0.222. The number of halogens is 1. The average molecular weight is 201 g/mol. The van der Waals surface area contributed by atoms with E-state index in [0.717, 1.165) is 0 Å². The second-order valence-corrected chi connectivity index (χ2v) is 3.01. The normalized spacial score (nSPS) is 12.5. The SMILES string of the molecule is O=C(CO)C(O)c1ccc(Cl)cc1. The molecule has 0 heterocycles. The number of ketones is 1. The molecule has 1 aromatic rings. The number of aliphatic hydroxyl groups is 2. The number of hydrogen-bond donors (Lipinski definition) is 2. The molecule has 1 atom stereocenters. The van der Waals surface area contributed by atoms with Gasteiger partial charge in [-0.1, -0.05) is 23.7 Å². The van der Waals surface area contributed by atoms with E-state index in [1.54, 1.807) is 24.3 Å². The van der Waals surface area contributed by atoms with Gasteiger partial charge in [0.05, 0.1) is 0 Å². The molecule has 2 N–H and O–H groups in total. The molecular weight excluding hydrogens is 192 g/mol. The lowest BCUT2D eigenvalue weighted by atomic mass is 10.1. The number of rotatable bonds is 3. The molecule has 0 aliphatic rings. The highest BCUT2D eigenvalue weighted by Gasteiger charge is 2.15. The highest BCUT2D eigenvalue weighted by molar-refractivity contribution is 6.30. The molecule has 3 nitrogen and oxygen atoms in total. The van der Waals surface area contributed by atoms with Crippen LogP contribution in [-0.2, 0) is 4.79 Å². The maximum Gasteiger partial charge on any atom is 0.191 e. The van der Waals surface area contributed by atoms with Gasteiger partial charge in [0.1, 0.15) is 12.7 Å². The van der Waals surface area contributed by atoms with Gasteiger partial charge >= 0.3 is 0 Å². The number of carbonyl (C=O) groups excluding carboxylic acids is 1. The van der Waals surface area contributed by atoms with Crippen LogP contribution in [0, 0.1) is 0 Å². The van der Waals surface area contributed by atoms with Crippen LogP contribution in [0.2, 0.25) is 5.02 Å². The largest absolute Gasteiger partial charge is 0.388 e. The van der Waals surface area contributed by atoms with Crippen molar-refractivity contribution in [2.45, 2.75) is 6.10 Å². The van der Waals surface area contributed by atoms with Crippen LogP contribution in [0.5, 0.6) is 0 Å². The number of Topliss-reactive ketones (excluding diaryl/α,β-unsaturated/α-hetero) is 1. The fourth-order valence-electron chi connectivity index (χ4n) is 0.917. The molecule has 0 amide bonds. The van der Waals surface area contributed by atoms with Gasteiger partial charge in [-0.3, -0.25) is 4.79 Å². The van der Waals surface area contributed by atoms with Crippen LogP contribution in [-0.4, -0.2) is 22.6 Å². The Bertz CT molecular complexity index is 294. The van der Waals surface area contributed by atoms with Crippen molar-refractivity contribution >= 4 is 17.4 Å². The monoisotopic (exact) mass is 200 g/mol. The smallest absolute Gasteiger partial charge is 0.191 e. The molecular formula is C9H9ClO3. The van der Waals surface area contributed by atoms with Crippen LogP contribution < -0.4 is 0 Å². The van der Waals surface area contributed by atoms with E-state index in [-0.39, 0.29) is 0 Å². The average Bonchev–Trinajstić information content (AvgIpc) is 2.17. The van der Waals surface area contributed by atoms with Crippen LogP contribution in [0.1, 0.15) is 11.7 Å². The number of aliphatic hydroxyl groups excluding tert-OH is 2. The number of benzene rings is 1. The molecule has 0 spiro atoms. The summed E-state index contributed by atoms with van der Waals surface area (Å²) in [6, 6.07) is 6.23. The zero-order valence-corrected chi connectivity index (χ0v) is 7.53. The third-order valence-corrected chi connectivity index (χ3v) is 1.90. The van der Waals surface area contributed by atoms with E-state index in [2.05, 4.69) is 0 Å². The minimum Gasteiger partial charge on any atom is -0.388 e. The van der Waals surface area contributed by atoms with Gasteiger partial charge in [-0.05, 0) is 17.7 Å². The summed E-state index contributed by atoms with van der Waals surface area (Å²) in [5, 5.41) is 18.3. The van der Waals surface area contributed by atoms with E-state index in [4.69, 9.17) is 16.7 Å². The summed E-state index contributed by atoms with van der Waals surface area (Å²) in [5.74, 6) is -0.623. The fourth-order valence-corrected chi connectivity index (χ4v) is 1.04. The summed E-state index contributed by atoms with van der Waals surface area (Å²) in [5.41, 5.74) is 0.434. The van der Waals surface area contributed by atoms with Crippen molar-refractivity contribution in [1.82, 2.24) is 0 Å². The first kappa shape index (κ1) is 10.2. The molecule has 1 rings (SSSR count). The summed E-state index contributed by atoms with van der Waals surface area (Å²) < 4.78 is 0. The highest BCUT2D eigenvalue weighted by Crippen LogP contribution is 2.16. The van der Waals surface area contributed by atoms with Gasteiger partial charge in [-0.25, -0.2) is 0 Å². The highest BCUT2D eigenvalue weighted by atomic mass is 35.5. The first-order valence-electron chi connectivity index (χ1n) is 3.72. The summed E-state index contributed by atoms with van der Waals surface area (Å²) in [7, 11) is 0. The zero-order chi connectivity index (χ0) is 9.84. The van der Waals surface area contributed by atoms with Gasteiger partial charge < -0.3 is 10.2 Å². The van der Waals surface area contributed by atoms with Crippen molar-refractivity contribution in [3.63, 3.8) is 0 Å². The van der Waals surface area contributed by atoms with E-state index in [9.17, 15) is 9.90 Å². The second kappa shape index (κ2) is 4.37. The molecule has 0 saturated carbocycles. The molecule has 4 heteroatoms. The Balaban J connectivity index is 2.83. The molecule has 0 aliphatic heterocycles. The summed E-state index contributed by atoms with van der Waals surface area (Å²) in [6.45, 7) is -0.663. The maximum atomic E-state index is 10.9. The van der Waals surface area contributed by atoms with E-state index < -0.39 is 18.5 Å². The lowest BCUT2D eigenvalue weighted by Gasteiger charge is -2.07. The second-order valence-electron chi connectivity index (χ2n) is 2.58. The molecule has 0 bridgehead atoms. The summed E-state index contributed by atoms with van der Waals surface area (Å²) in [4.78, 5) is 10.9. The minimum absolute atomic E-state index is 0.434. The van der Waals surface area contributed by atoms with Crippen LogP contribution in [0.3, 0.4) is 0 Å². The van der Waals surface area contributed by atoms with Gasteiger partial charge in [0.2, 0.25) is 0 Å². The predicted octanol–water partition coefficient (Wildman–Crippen LogP) is 0.935. The molecule has 0 saturated heterocycles. The Labute approximate surface area is 80.6 Å². The lowest BCUT2D eigenvalue weighted by Crippen LogP contribution is -2.15. The lowest BCUT2D eigenvalue weighted by molar-refractivity contribution is -0.130. The Hall–Kier alpha value is -0.900. The van der Waals surface area contributed by atoms with E-state index in [1.165, 1.54) is 0 Å². The Morgan fingerprint density at radius 3 is 2.38 bits per heavy atom.